The quantitative estimate of drug-likeness (QED) is 0.296. The van der Waals surface area contributed by atoms with Gasteiger partial charge in [-0.15, -0.1) is 0 Å². The summed E-state index contributed by atoms with van der Waals surface area (Å²) in [6, 6.07) is 13.8. The molecule has 150 valence electrons. The number of nitrogens with zero attached hydrogens (tertiary/aromatic N) is 2. The maximum atomic E-state index is 11.3. The molecule has 0 unspecified atom stereocenters. The Kier molecular flexibility index (Phi) is 6.50. The van der Waals surface area contributed by atoms with Crippen LogP contribution in [0.15, 0.2) is 62.5 Å². The first kappa shape index (κ1) is 20.4. The smallest absolute Gasteiger partial charge is 0.281 e. The molecule has 0 radical (unpaired) electrons. The fraction of sp³-hybridized carbons (Fsp3) is 0.150. The highest BCUT2D eigenvalue weighted by Crippen LogP contribution is 2.33. The van der Waals surface area contributed by atoms with Gasteiger partial charge in [-0.05, 0) is 42.0 Å². The standard InChI is InChI=1S/C20H18BrN3O5/c1-27-19-7-3-13(9-20(19)28-2)11-22-23-12-15-5-8-18(29-15)16-6-4-14(21)10-17(16)24(25)26/h3-10,12,22H,11H2,1-2H3/b23-12-. The van der Waals surface area contributed by atoms with Crippen molar-refractivity contribution in [2.24, 2.45) is 5.10 Å². The molecule has 1 heterocycles. The molecular formula is C20H18BrN3O5. The predicted molar refractivity (Wildman–Crippen MR) is 112 cm³/mol. The lowest BCUT2D eigenvalue weighted by atomic mass is 10.1. The number of rotatable bonds is 8. The Bertz CT molecular complexity index is 1050. The zero-order valence-corrected chi connectivity index (χ0v) is 17.3. The molecule has 9 heteroatoms. The van der Waals surface area contributed by atoms with Crippen molar-refractivity contribution in [2.45, 2.75) is 6.54 Å². The molecule has 0 atom stereocenters. The molecule has 0 saturated heterocycles. The Hall–Kier alpha value is -3.33. The van der Waals surface area contributed by atoms with E-state index in [2.05, 4.69) is 26.5 Å². The third-order valence-corrected chi connectivity index (χ3v) is 4.56. The van der Waals surface area contributed by atoms with Crippen LogP contribution in [0.3, 0.4) is 0 Å². The van der Waals surface area contributed by atoms with Gasteiger partial charge in [0.1, 0.15) is 11.5 Å². The summed E-state index contributed by atoms with van der Waals surface area (Å²) in [7, 11) is 3.16. The Morgan fingerprint density at radius 2 is 1.93 bits per heavy atom. The Balaban J connectivity index is 1.67. The molecule has 29 heavy (non-hydrogen) atoms. The number of nitrogens with one attached hydrogen (secondary N) is 1. The van der Waals surface area contributed by atoms with E-state index in [1.807, 2.05) is 18.2 Å². The lowest BCUT2D eigenvalue weighted by molar-refractivity contribution is -0.384. The molecule has 2 aromatic carbocycles. The molecule has 0 fully saturated rings. The first-order chi connectivity index (χ1) is 14.0. The maximum Gasteiger partial charge on any atom is 0.281 e. The molecular weight excluding hydrogens is 442 g/mol. The summed E-state index contributed by atoms with van der Waals surface area (Å²) in [4.78, 5) is 10.8. The van der Waals surface area contributed by atoms with Crippen LogP contribution >= 0.6 is 15.9 Å². The average molecular weight is 460 g/mol. The minimum atomic E-state index is -0.443. The van der Waals surface area contributed by atoms with Crippen LogP contribution in [0.1, 0.15) is 11.3 Å². The van der Waals surface area contributed by atoms with Crippen LogP contribution in [0.4, 0.5) is 5.69 Å². The van der Waals surface area contributed by atoms with Gasteiger partial charge in [0, 0.05) is 10.5 Å². The third-order valence-electron chi connectivity index (χ3n) is 4.06. The summed E-state index contributed by atoms with van der Waals surface area (Å²) in [5, 5.41) is 15.4. The highest BCUT2D eigenvalue weighted by Gasteiger charge is 2.18. The van der Waals surface area contributed by atoms with Crippen LogP contribution in [0.5, 0.6) is 11.5 Å². The molecule has 0 spiro atoms. The van der Waals surface area contributed by atoms with Crippen molar-refractivity contribution in [3.05, 3.63) is 74.4 Å². The van der Waals surface area contributed by atoms with Crippen molar-refractivity contribution in [1.29, 1.82) is 0 Å². The van der Waals surface area contributed by atoms with E-state index >= 15 is 0 Å². The van der Waals surface area contributed by atoms with Crippen LogP contribution < -0.4 is 14.9 Å². The third kappa shape index (κ3) is 4.94. The van der Waals surface area contributed by atoms with Crippen molar-refractivity contribution >= 4 is 27.8 Å². The van der Waals surface area contributed by atoms with E-state index in [0.717, 1.165) is 5.56 Å². The lowest BCUT2D eigenvalue weighted by Gasteiger charge is -2.09. The second kappa shape index (κ2) is 9.24. The van der Waals surface area contributed by atoms with Gasteiger partial charge >= 0.3 is 0 Å². The van der Waals surface area contributed by atoms with Gasteiger partial charge in [0.05, 0.1) is 37.5 Å². The van der Waals surface area contributed by atoms with Crippen LogP contribution in [0, 0.1) is 10.1 Å². The zero-order valence-electron chi connectivity index (χ0n) is 15.7. The number of nitro groups is 1. The molecule has 0 aliphatic carbocycles. The molecule has 3 rings (SSSR count). The number of furan rings is 1. The van der Waals surface area contributed by atoms with Gasteiger partial charge in [0.2, 0.25) is 0 Å². The van der Waals surface area contributed by atoms with E-state index < -0.39 is 4.92 Å². The van der Waals surface area contributed by atoms with Crippen molar-refractivity contribution < 1.29 is 18.8 Å². The van der Waals surface area contributed by atoms with Gasteiger partial charge in [-0.3, -0.25) is 10.1 Å². The fourth-order valence-electron chi connectivity index (χ4n) is 2.67. The summed E-state index contributed by atoms with van der Waals surface area (Å²) < 4.78 is 16.8. The molecule has 0 bridgehead atoms. The normalized spacial score (nSPS) is 10.9. The number of ether oxygens (including phenoxy) is 2. The van der Waals surface area contributed by atoms with Gasteiger partial charge in [-0.2, -0.15) is 5.10 Å². The number of benzene rings is 2. The molecule has 8 nitrogen and oxygen atoms in total. The van der Waals surface area contributed by atoms with Crippen molar-refractivity contribution in [3.63, 3.8) is 0 Å². The monoisotopic (exact) mass is 459 g/mol. The maximum absolute atomic E-state index is 11.3. The van der Waals surface area contributed by atoms with Gasteiger partial charge in [0.15, 0.2) is 11.5 Å². The number of hydrogen-bond acceptors (Lipinski definition) is 7. The summed E-state index contributed by atoms with van der Waals surface area (Å²) in [5.74, 6) is 2.16. The molecule has 1 aromatic heterocycles. The highest BCUT2D eigenvalue weighted by atomic mass is 79.9. The Morgan fingerprint density at radius 1 is 1.14 bits per heavy atom. The van der Waals surface area contributed by atoms with Gasteiger partial charge in [0.25, 0.3) is 5.69 Å². The number of hydrazone groups is 1. The summed E-state index contributed by atoms with van der Waals surface area (Å²) >= 11 is 3.24. The summed E-state index contributed by atoms with van der Waals surface area (Å²) in [5.41, 5.74) is 4.25. The highest BCUT2D eigenvalue weighted by molar-refractivity contribution is 9.10. The number of methoxy groups -OCH3 is 2. The van der Waals surface area contributed by atoms with Crippen molar-refractivity contribution in [2.75, 3.05) is 14.2 Å². The van der Waals surface area contributed by atoms with Crippen LogP contribution in [0.2, 0.25) is 0 Å². The van der Waals surface area contributed by atoms with Crippen LogP contribution in [-0.2, 0) is 6.54 Å². The largest absolute Gasteiger partial charge is 0.493 e. The van der Waals surface area contributed by atoms with Crippen molar-refractivity contribution in [3.8, 4) is 22.8 Å². The number of nitro benzene ring substituents is 1. The first-order valence-corrected chi connectivity index (χ1v) is 9.32. The Morgan fingerprint density at radius 3 is 2.66 bits per heavy atom. The van der Waals surface area contributed by atoms with E-state index in [-0.39, 0.29) is 5.69 Å². The molecule has 1 N–H and O–H groups in total. The fourth-order valence-corrected chi connectivity index (χ4v) is 3.02. The zero-order chi connectivity index (χ0) is 20.8. The minimum Gasteiger partial charge on any atom is -0.493 e. The van der Waals surface area contributed by atoms with Crippen molar-refractivity contribution in [1.82, 2.24) is 5.43 Å². The molecule has 0 amide bonds. The SMILES string of the molecule is COc1ccc(CN/N=C\c2ccc(-c3ccc(Br)cc3[N+](=O)[O-])o2)cc1OC. The average Bonchev–Trinajstić information content (AvgIpc) is 3.19. The van der Waals surface area contributed by atoms with Crippen LogP contribution in [-0.4, -0.2) is 25.4 Å². The molecule has 0 saturated carbocycles. The van der Waals surface area contributed by atoms with E-state index in [1.54, 1.807) is 38.5 Å². The van der Waals surface area contributed by atoms with E-state index in [9.17, 15) is 10.1 Å². The minimum absolute atomic E-state index is 0.0382. The number of halogens is 1. The van der Waals surface area contributed by atoms with Gasteiger partial charge in [-0.1, -0.05) is 22.0 Å². The van der Waals surface area contributed by atoms with E-state index in [0.29, 0.717) is 39.6 Å². The molecule has 0 aliphatic rings. The summed E-state index contributed by atoms with van der Waals surface area (Å²) in [6.45, 7) is 0.475. The predicted octanol–water partition coefficient (Wildman–Crippen LogP) is 4.76. The van der Waals surface area contributed by atoms with Crippen LogP contribution in [0.25, 0.3) is 11.3 Å². The summed E-state index contributed by atoms with van der Waals surface area (Å²) in [6.07, 6.45) is 1.51. The first-order valence-electron chi connectivity index (χ1n) is 8.53. The Labute approximate surface area is 175 Å². The second-order valence-electron chi connectivity index (χ2n) is 5.90. The van der Waals surface area contributed by atoms with Gasteiger partial charge < -0.3 is 19.3 Å². The second-order valence-corrected chi connectivity index (χ2v) is 6.82. The van der Waals surface area contributed by atoms with E-state index in [4.69, 9.17) is 13.9 Å². The van der Waals surface area contributed by atoms with Gasteiger partial charge in [-0.25, -0.2) is 0 Å². The van der Waals surface area contributed by atoms with E-state index in [1.165, 1.54) is 12.3 Å². The topological polar surface area (TPSA) is 99.1 Å². The molecule has 3 aromatic rings. The lowest BCUT2D eigenvalue weighted by Crippen LogP contribution is -2.05. The molecule has 0 aliphatic heterocycles. The number of hydrogen-bond donors (Lipinski definition) is 1.